The van der Waals surface area contributed by atoms with Gasteiger partial charge in [-0.2, -0.15) is 0 Å². The van der Waals surface area contributed by atoms with Crippen molar-refractivity contribution in [1.82, 2.24) is 0 Å². The standard InChI is InChI=1S/C38H53NO9/c1-5-6-7-8-9-10-11-12-13-14-15-16-17-19-27-20-18-21-31(22-27)47-26-32(40)48-33(34(41)38(2,3)4)35(42)39-30-24-28(36(43)44)23-29(25-30)37(45)46/h18,20-25,33H,5-17,19,26H2,1-4H3,(H,39,42)(H,43,44)(H,45,46). The highest BCUT2D eigenvalue weighted by molar-refractivity contribution is 6.13. The van der Waals surface area contributed by atoms with Crippen LogP contribution in [-0.2, 0) is 25.5 Å². The number of benzene rings is 2. The number of aryl methyl sites for hydroxylation is 1. The SMILES string of the molecule is CCCCCCCCCCCCCCCc1cccc(OCC(=O)OC(C(=O)Nc2cc(C(=O)O)cc(C(=O)O)c2)C(=O)C(C)(C)C)c1. The number of hydrogen-bond donors (Lipinski definition) is 3. The Morgan fingerprint density at radius 1 is 0.729 bits per heavy atom. The number of carboxylic acid groups (broad SMARTS) is 2. The molecule has 264 valence electrons. The van der Waals surface area contributed by atoms with Gasteiger partial charge in [-0.15, -0.1) is 0 Å². The number of nitrogens with one attached hydrogen (secondary N) is 1. The lowest BCUT2D eigenvalue weighted by Crippen LogP contribution is -2.45. The van der Waals surface area contributed by atoms with Gasteiger partial charge in [-0.25, -0.2) is 14.4 Å². The van der Waals surface area contributed by atoms with E-state index in [0.717, 1.165) is 43.0 Å². The number of carbonyl (C=O) groups is 5. The lowest BCUT2D eigenvalue weighted by molar-refractivity contribution is -0.163. The van der Waals surface area contributed by atoms with Crippen molar-refractivity contribution in [1.29, 1.82) is 0 Å². The van der Waals surface area contributed by atoms with E-state index >= 15 is 0 Å². The number of ketones is 1. The van der Waals surface area contributed by atoms with Gasteiger partial charge < -0.3 is 25.0 Å². The molecule has 0 saturated heterocycles. The van der Waals surface area contributed by atoms with Crippen molar-refractivity contribution >= 4 is 35.3 Å². The quantitative estimate of drug-likeness (QED) is 0.0603. The molecule has 10 nitrogen and oxygen atoms in total. The molecule has 0 bridgehead atoms. The third kappa shape index (κ3) is 15.1. The fraction of sp³-hybridized carbons (Fsp3) is 0.553. The van der Waals surface area contributed by atoms with Gasteiger partial charge in [0.25, 0.3) is 5.91 Å². The van der Waals surface area contributed by atoms with E-state index in [2.05, 4.69) is 12.2 Å². The largest absolute Gasteiger partial charge is 0.482 e. The third-order valence-electron chi connectivity index (χ3n) is 7.98. The second-order valence-corrected chi connectivity index (χ2v) is 13.3. The summed E-state index contributed by atoms with van der Waals surface area (Å²) in [5, 5.41) is 21.0. The van der Waals surface area contributed by atoms with Gasteiger partial charge >= 0.3 is 17.9 Å². The lowest BCUT2D eigenvalue weighted by Gasteiger charge is -2.24. The van der Waals surface area contributed by atoms with Crippen LogP contribution in [0.1, 0.15) is 137 Å². The van der Waals surface area contributed by atoms with Crippen LogP contribution in [0.4, 0.5) is 5.69 Å². The Labute approximate surface area is 284 Å². The molecule has 0 spiro atoms. The van der Waals surface area contributed by atoms with Crippen molar-refractivity contribution in [2.45, 2.75) is 124 Å². The molecule has 2 aromatic carbocycles. The van der Waals surface area contributed by atoms with Crippen LogP contribution in [0.2, 0.25) is 0 Å². The minimum Gasteiger partial charge on any atom is -0.482 e. The maximum atomic E-state index is 13.1. The second kappa shape index (κ2) is 20.9. The third-order valence-corrected chi connectivity index (χ3v) is 7.98. The molecule has 2 aromatic rings. The normalized spacial score (nSPS) is 11.8. The molecule has 3 N–H and O–H groups in total. The van der Waals surface area contributed by atoms with E-state index < -0.39 is 47.7 Å². The first kappa shape index (κ1) is 40.0. The number of esters is 1. The summed E-state index contributed by atoms with van der Waals surface area (Å²) >= 11 is 0. The summed E-state index contributed by atoms with van der Waals surface area (Å²) in [5.41, 5.74) is -0.957. The van der Waals surface area contributed by atoms with Gasteiger partial charge in [0.1, 0.15) is 5.75 Å². The van der Waals surface area contributed by atoms with Gasteiger partial charge in [-0.3, -0.25) is 9.59 Å². The molecular weight excluding hydrogens is 614 g/mol. The van der Waals surface area contributed by atoms with Crippen LogP contribution >= 0.6 is 0 Å². The van der Waals surface area contributed by atoms with Crippen molar-refractivity contribution in [2.24, 2.45) is 5.41 Å². The first-order valence-electron chi connectivity index (χ1n) is 17.2. The molecule has 0 aliphatic rings. The van der Waals surface area contributed by atoms with Gasteiger partial charge in [0.05, 0.1) is 11.1 Å². The van der Waals surface area contributed by atoms with Crippen molar-refractivity contribution in [3.8, 4) is 5.75 Å². The molecule has 48 heavy (non-hydrogen) atoms. The molecule has 1 amide bonds. The summed E-state index contributed by atoms with van der Waals surface area (Å²) in [6.07, 6.45) is 15.7. The number of Topliss-reactive ketones (excluding diaryl/α,β-unsaturated/α-hetero) is 1. The van der Waals surface area contributed by atoms with E-state index in [4.69, 9.17) is 9.47 Å². The molecule has 0 saturated carbocycles. The highest BCUT2D eigenvalue weighted by atomic mass is 16.6. The second-order valence-electron chi connectivity index (χ2n) is 13.3. The fourth-order valence-electron chi connectivity index (χ4n) is 5.22. The summed E-state index contributed by atoms with van der Waals surface area (Å²) in [6, 6.07) is 10.4. The zero-order valence-electron chi connectivity index (χ0n) is 29.0. The first-order valence-corrected chi connectivity index (χ1v) is 17.2. The molecular formula is C38H53NO9. The molecule has 0 radical (unpaired) electrons. The predicted molar refractivity (Wildman–Crippen MR) is 185 cm³/mol. The summed E-state index contributed by atoms with van der Waals surface area (Å²) < 4.78 is 10.9. The highest BCUT2D eigenvalue weighted by Crippen LogP contribution is 2.22. The molecule has 0 aliphatic carbocycles. The lowest BCUT2D eigenvalue weighted by atomic mass is 9.87. The van der Waals surface area contributed by atoms with Crippen LogP contribution in [0.3, 0.4) is 0 Å². The topological polar surface area (TPSA) is 156 Å². The van der Waals surface area contributed by atoms with Crippen LogP contribution in [-0.4, -0.2) is 52.5 Å². The number of hydrogen-bond acceptors (Lipinski definition) is 7. The number of carbonyl (C=O) groups excluding carboxylic acids is 3. The van der Waals surface area contributed by atoms with Gasteiger partial charge in [-0.05, 0) is 48.7 Å². The number of carboxylic acids is 2. The molecule has 10 heteroatoms. The monoisotopic (exact) mass is 667 g/mol. The Balaban J connectivity index is 1.86. The van der Waals surface area contributed by atoms with Gasteiger partial charge in [0.2, 0.25) is 6.10 Å². The van der Waals surface area contributed by atoms with E-state index in [-0.39, 0.29) is 16.8 Å². The highest BCUT2D eigenvalue weighted by Gasteiger charge is 2.38. The minimum absolute atomic E-state index is 0.184. The number of amides is 1. The molecule has 0 aliphatic heterocycles. The Bertz CT molecular complexity index is 1330. The Hall–Kier alpha value is -4.21. The van der Waals surface area contributed by atoms with Crippen LogP contribution < -0.4 is 10.1 Å². The van der Waals surface area contributed by atoms with E-state index in [1.165, 1.54) is 70.6 Å². The number of aromatic carboxylic acids is 2. The van der Waals surface area contributed by atoms with E-state index in [0.29, 0.717) is 5.75 Å². The fourth-order valence-corrected chi connectivity index (χ4v) is 5.22. The number of rotatable bonds is 23. The smallest absolute Gasteiger partial charge is 0.345 e. The van der Waals surface area contributed by atoms with Crippen molar-refractivity contribution in [3.63, 3.8) is 0 Å². The molecule has 2 rings (SSSR count). The van der Waals surface area contributed by atoms with Crippen LogP contribution in [0, 0.1) is 5.41 Å². The first-order chi connectivity index (χ1) is 22.8. The van der Waals surface area contributed by atoms with Crippen LogP contribution in [0.15, 0.2) is 42.5 Å². The Kier molecular flexibility index (Phi) is 17.4. The average molecular weight is 668 g/mol. The Morgan fingerprint density at radius 3 is 1.75 bits per heavy atom. The van der Waals surface area contributed by atoms with Gasteiger partial charge in [-0.1, -0.05) is 117 Å². The number of anilines is 1. The van der Waals surface area contributed by atoms with E-state index in [1.807, 2.05) is 18.2 Å². The van der Waals surface area contributed by atoms with E-state index in [9.17, 15) is 34.2 Å². The molecule has 0 fully saturated rings. The summed E-state index contributed by atoms with van der Waals surface area (Å²) in [4.78, 5) is 61.9. The molecule has 0 heterocycles. The van der Waals surface area contributed by atoms with Crippen molar-refractivity contribution in [2.75, 3.05) is 11.9 Å². The Morgan fingerprint density at radius 2 is 1.25 bits per heavy atom. The zero-order valence-corrected chi connectivity index (χ0v) is 29.0. The van der Waals surface area contributed by atoms with Crippen molar-refractivity contribution < 1.29 is 43.7 Å². The minimum atomic E-state index is -1.88. The zero-order chi connectivity index (χ0) is 35.5. The predicted octanol–water partition coefficient (Wildman–Crippen LogP) is 8.26. The average Bonchev–Trinajstić information content (AvgIpc) is 3.04. The van der Waals surface area contributed by atoms with Gasteiger partial charge in [0, 0.05) is 11.1 Å². The molecule has 1 atom stereocenters. The summed E-state index contributed by atoms with van der Waals surface area (Å²) in [6.45, 7) is 6.35. The number of ether oxygens (including phenoxy) is 2. The maximum absolute atomic E-state index is 13.1. The van der Waals surface area contributed by atoms with Crippen molar-refractivity contribution in [3.05, 3.63) is 59.2 Å². The molecule has 0 aromatic heterocycles. The molecule has 1 unspecified atom stereocenters. The van der Waals surface area contributed by atoms with Crippen LogP contribution in [0.25, 0.3) is 0 Å². The van der Waals surface area contributed by atoms with Crippen LogP contribution in [0.5, 0.6) is 5.75 Å². The summed E-state index contributed by atoms with van der Waals surface area (Å²) in [7, 11) is 0. The summed E-state index contributed by atoms with van der Waals surface area (Å²) in [5.74, 6) is -5.09. The number of unbranched alkanes of at least 4 members (excludes halogenated alkanes) is 12. The maximum Gasteiger partial charge on any atom is 0.345 e. The van der Waals surface area contributed by atoms with E-state index in [1.54, 1.807) is 26.8 Å². The van der Waals surface area contributed by atoms with Gasteiger partial charge in [0.15, 0.2) is 12.4 Å².